The molecule has 0 atom stereocenters. The van der Waals surface area contributed by atoms with E-state index in [4.69, 9.17) is 5.11 Å². The van der Waals surface area contributed by atoms with Gasteiger partial charge < -0.3 is 20.4 Å². The molecule has 158 valence electrons. The molecule has 29 heavy (non-hydrogen) atoms. The molecule has 0 saturated carbocycles. The number of aromatic amines is 2. The highest BCUT2D eigenvalue weighted by Gasteiger charge is 2.15. The van der Waals surface area contributed by atoms with Gasteiger partial charge in [0.15, 0.2) is 0 Å². The maximum absolute atomic E-state index is 12.2. The third-order valence-electron chi connectivity index (χ3n) is 3.23. The normalized spacial score (nSPS) is 10.7. The van der Waals surface area contributed by atoms with Crippen LogP contribution in [0.4, 0.5) is 17.6 Å². The van der Waals surface area contributed by atoms with Crippen LogP contribution in [-0.4, -0.2) is 33.0 Å². The van der Waals surface area contributed by atoms with Gasteiger partial charge >= 0.3 is 5.97 Å². The second-order valence-electron chi connectivity index (χ2n) is 5.85. The lowest BCUT2D eigenvalue weighted by Crippen LogP contribution is -2.34. The van der Waals surface area contributed by atoms with Crippen molar-refractivity contribution in [3.05, 3.63) is 67.5 Å². The number of nitrogens with one attached hydrogen (secondary N) is 3. The van der Waals surface area contributed by atoms with Crippen molar-refractivity contribution in [1.29, 1.82) is 0 Å². The fourth-order valence-electron chi connectivity index (χ4n) is 1.92. The van der Waals surface area contributed by atoms with E-state index >= 15 is 0 Å². The predicted molar refractivity (Wildman–Crippen MR) is 93.6 cm³/mol. The minimum Gasteiger partial charge on any atom is -0.477 e. The Hall–Kier alpha value is -3.44. The largest absolute Gasteiger partial charge is 0.477 e. The van der Waals surface area contributed by atoms with Crippen LogP contribution < -0.4 is 16.4 Å². The molecule has 0 spiro atoms. The molecule has 0 saturated heterocycles. The van der Waals surface area contributed by atoms with Crippen LogP contribution in [0.3, 0.4) is 0 Å². The van der Waals surface area contributed by atoms with Gasteiger partial charge in [0.25, 0.3) is 29.9 Å². The van der Waals surface area contributed by atoms with E-state index in [-0.39, 0.29) is 11.6 Å². The highest BCUT2D eigenvalue weighted by molar-refractivity contribution is 5.93. The van der Waals surface area contributed by atoms with Crippen molar-refractivity contribution >= 4 is 11.9 Å². The molecule has 2 heterocycles. The van der Waals surface area contributed by atoms with E-state index in [0.29, 0.717) is 0 Å². The maximum Gasteiger partial charge on any atom is 0.341 e. The summed E-state index contributed by atoms with van der Waals surface area (Å²) in [5, 5.41) is 10.9. The number of carboxylic acids is 1. The third kappa shape index (κ3) is 6.90. The van der Waals surface area contributed by atoms with Crippen LogP contribution in [0.25, 0.3) is 0 Å². The first-order valence-corrected chi connectivity index (χ1v) is 8.01. The van der Waals surface area contributed by atoms with E-state index in [9.17, 15) is 36.7 Å². The summed E-state index contributed by atoms with van der Waals surface area (Å²) in [5.41, 5.74) is -3.63. The van der Waals surface area contributed by atoms with E-state index in [1.165, 1.54) is 0 Å². The fourth-order valence-corrected chi connectivity index (χ4v) is 1.92. The summed E-state index contributed by atoms with van der Waals surface area (Å²) in [7, 11) is 0. The number of carbonyl (C=O) groups is 2. The molecule has 1 amide bonds. The van der Waals surface area contributed by atoms with Crippen molar-refractivity contribution < 1.29 is 32.3 Å². The van der Waals surface area contributed by atoms with Crippen molar-refractivity contribution in [3.63, 3.8) is 0 Å². The van der Waals surface area contributed by atoms with Crippen LogP contribution in [0.5, 0.6) is 0 Å². The first kappa shape index (κ1) is 23.6. The Bertz CT molecular complexity index is 986. The average molecular weight is 419 g/mol. The molecule has 0 unspecified atom stereocenters. The van der Waals surface area contributed by atoms with Gasteiger partial charge in [-0.15, -0.1) is 0 Å². The topological polar surface area (TPSA) is 132 Å². The predicted octanol–water partition coefficient (Wildman–Crippen LogP) is 2.46. The number of halogens is 4. The monoisotopic (exact) mass is 419 g/mol. The Morgan fingerprint density at radius 3 is 1.59 bits per heavy atom. The molecule has 0 aliphatic carbocycles. The molecule has 2 rings (SSSR count). The number of hydrogen-bond acceptors (Lipinski definition) is 4. The quantitative estimate of drug-likeness (QED) is 0.553. The van der Waals surface area contributed by atoms with Crippen molar-refractivity contribution in [2.45, 2.75) is 32.7 Å². The molecule has 0 aliphatic heterocycles. The summed E-state index contributed by atoms with van der Waals surface area (Å²) < 4.78 is 48.4. The summed E-state index contributed by atoms with van der Waals surface area (Å²) in [6, 6.07) is 3.72. The molecule has 4 N–H and O–H groups in total. The molecular weight excluding hydrogens is 402 g/mol. The van der Waals surface area contributed by atoms with Gasteiger partial charge in [0.2, 0.25) is 0 Å². The lowest BCUT2D eigenvalue weighted by atomic mass is 10.2. The maximum atomic E-state index is 12.2. The third-order valence-corrected chi connectivity index (χ3v) is 3.23. The minimum absolute atomic E-state index is 0.123. The van der Waals surface area contributed by atoms with Gasteiger partial charge in [-0.2, -0.15) is 0 Å². The summed E-state index contributed by atoms with van der Waals surface area (Å²) in [6.07, 6.45) is -5.56. The minimum atomic E-state index is -2.81. The van der Waals surface area contributed by atoms with E-state index in [0.717, 1.165) is 24.3 Å². The van der Waals surface area contributed by atoms with Crippen molar-refractivity contribution in [2.24, 2.45) is 0 Å². The van der Waals surface area contributed by atoms with E-state index in [1.54, 1.807) is 18.8 Å². The number of carboxylic acid groups (broad SMARTS) is 1. The number of pyridine rings is 2. The van der Waals surface area contributed by atoms with Gasteiger partial charge in [0.05, 0.1) is 11.4 Å². The zero-order valence-electron chi connectivity index (χ0n) is 15.1. The molecule has 0 aromatic carbocycles. The number of alkyl halides is 4. The first-order chi connectivity index (χ1) is 13.4. The van der Waals surface area contributed by atoms with Gasteiger partial charge in [-0.3, -0.25) is 14.4 Å². The summed E-state index contributed by atoms with van der Waals surface area (Å²) in [6.45, 7) is 3.47. The van der Waals surface area contributed by atoms with E-state index in [1.807, 2.05) is 4.98 Å². The average Bonchev–Trinajstić information content (AvgIpc) is 2.60. The van der Waals surface area contributed by atoms with Crippen LogP contribution >= 0.6 is 0 Å². The summed E-state index contributed by atoms with van der Waals surface area (Å²) in [4.78, 5) is 47.6. The number of H-pyrrole nitrogens is 2. The number of aromatic carboxylic acids is 1. The second kappa shape index (κ2) is 10.2. The van der Waals surface area contributed by atoms with Gasteiger partial charge in [-0.25, -0.2) is 22.4 Å². The van der Waals surface area contributed by atoms with Gasteiger partial charge in [-0.05, 0) is 38.1 Å². The zero-order valence-corrected chi connectivity index (χ0v) is 15.1. The molecule has 0 fully saturated rings. The Morgan fingerprint density at radius 2 is 1.28 bits per heavy atom. The highest BCUT2D eigenvalue weighted by atomic mass is 19.3. The number of aromatic nitrogens is 2. The molecule has 8 nitrogen and oxygen atoms in total. The highest BCUT2D eigenvalue weighted by Crippen LogP contribution is 2.14. The van der Waals surface area contributed by atoms with Crippen LogP contribution in [0.2, 0.25) is 0 Å². The Balaban J connectivity index is 0.000000296. The molecule has 12 heteroatoms. The SMILES string of the molecule is CC(C)NC(=O)c1ccc(C(F)F)[nH]c1=O.O=C(O)c1ccc(C(F)F)[nH]c1=O. The Labute approximate surface area is 160 Å². The lowest BCUT2D eigenvalue weighted by molar-refractivity contribution is 0.0693. The molecule has 0 radical (unpaired) electrons. The number of carbonyl (C=O) groups excluding carboxylic acids is 1. The lowest BCUT2D eigenvalue weighted by Gasteiger charge is -2.08. The standard InChI is InChI=1S/C10H12F2N2O2.C7H5F2NO3/c1-5(2)13-9(15)6-3-4-7(8(11)12)14-10(6)16;8-5(9)4-2-1-3(7(12)13)6(11)10-4/h3-5,8H,1-2H3,(H,13,15)(H,14,16);1-2,5H,(H,10,11)(H,12,13). The van der Waals surface area contributed by atoms with E-state index < -0.39 is 52.8 Å². The van der Waals surface area contributed by atoms with Crippen molar-refractivity contribution in [2.75, 3.05) is 0 Å². The van der Waals surface area contributed by atoms with Crippen LogP contribution in [0.1, 0.15) is 58.8 Å². The van der Waals surface area contributed by atoms with Gasteiger partial charge in [0.1, 0.15) is 11.1 Å². The van der Waals surface area contributed by atoms with Crippen LogP contribution in [0.15, 0.2) is 33.9 Å². The Morgan fingerprint density at radius 1 is 0.862 bits per heavy atom. The molecule has 2 aromatic rings. The van der Waals surface area contributed by atoms with Crippen LogP contribution in [-0.2, 0) is 0 Å². The molecule has 0 aliphatic rings. The van der Waals surface area contributed by atoms with E-state index in [2.05, 4.69) is 5.32 Å². The number of amides is 1. The summed E-state index contributed by atoms with van der Waals surface area (Å²) >= 11 is 0. The molecule has 2 aromatic heterocycles. The smallest absolute Gasteiger partial charge is 0.341 e. The second-order valence-corrected chi connectivity index (χ2v) is 5.85. The zero-order chi connectivity index (χ0) is 22.3. The molecule has 0 bridgehead atoms. The van der Waals surface area contributed by atoms with Crippen molar-refractivity contribution in [1.82, 2.24) is 15.3 Å². The first-order valence-electron chi connectivity index (χ1n) is 8.01. The molecular formula is C17H17F4N3O5. The number of hydrogen-bond donors (Lipinski definition) is 4. The summed E-state index contributed by atoms with van der Waals surface area (Å²) in [5.74, 6) is -2.01. The van der Waals surface area contributed by atoms with Gasteiger partial charge in [-0.1, -0.05) is 0 Å². The fraction of sp³-hybridized carbons (Fsp3) is 0.294. The van der Waals surface area contributed by atoms with Gasteiger partial charge in [0, 0.05) is 6.04 Å². The van der Waals surface area contributed by atoms with Crippen molar-refractivity contribution in [3.8, 4) is 0 Å². The number of rotatable bonds is 5. The van der Waals surface area contributed by atoms with Crippen LogP contribution in [0, 0.1) is 0 Å². The Kier molecular flexibility index (Phi) is 8.30.